The number of furan rings is 1. The maximum Gasteiger partial charge on any atom is 0.241 e. The lowest BCUT2D eigenvalue weighted by Gasteiger charge is -2.37. The smallest absolute Gasteiger partial charge is 0.241 e. The van der Waals surface area contributed by atoms with Gasteiger partial charge in [0.05, 0.1) is 18.5 Å². The molecular weight excluding hydrogens is 320 g/mol. The molecule has 7 heteroatoms. The lowest BCUT2D eigenvalue weighted by atomic mass is 9.87. The van der Waals surface area contributed by atoms with Gasteiger partial charge in [-0.15, -0.1) is 0 Å². The number of rotatable bonds is 4. The number of aryl methyl sites for hydroxylation is 1. The van der Waals surface area contributed by atoms with Crippen LogP contribution in [0.3, 0.4) is 0 Å². The number of piperidine rings is 1. The maximum absolute atomic E-state index is 10.9. The second kappa shape index (κ2) is 6.42. The SMILES string of the molecule is Cc1ccc(C2(O)CCN(Cc3nc(-c4ccco4)no3)CC2)nc1. The number of pyridine rings is 1. The lowest BCUT2D eigenvalue weighted by Crippen LogP contribution is -2.42. The van der Waals surface area contributed by atoms with Gasteiger partial charge < -0.3 is 14.0 Å². The zero-order chi connectivity index (χ0) is 17.3. The van der Waals surface area contributed by atoms with Gasteiger partial charge in [-0.2, -0.15) is 4.98 Å². The fraction of sp³-hybridized carbons (Fsp3) is 0.389. The van der Waals surface area contributed by atoms with Gasteiger partial charge in [0.25, 0.3) is 0 Å². The van der Waals surface area contributed by atoms with Crippen LogP contribution in [-0.4, -0.2) is 38.2 Å². The van der Waals surface area contributed by atoms with E-state index in [1.54, 1.807) is 24.6 Å². The van der Waals surface area contributed by atoms with Crippen LogP contribution in [0.2, 0.25) is 0 Å². The summed E-state index contributed by atoms with van der Waals surface area (Å²) in [6, 6.07) is 7.49. The third-order valence-corrected chi connectivity index (χ3v) is 4.64. The predicted octanol–water partition coefficient (Wildman–Crippen LogP) is 2.52. The second-order valence-electron chi connectivity index (χ2n) is 6.52. The highest BCUT2D eigenvalue weighted by Gasteiger charge is 2.35. The van der Waals surface area contributed by atoms with E-state index in [0.717, 1.165) is 24.3 Å². The Morgan fingerprint density at radius 1 is 1.24 bits per heavy atom. The van der Waals surface area contributed by atoms with Crippen molar-refractivity contribution < 1.29 is 14.0 Å². The number of nitrogens with zero attached hydrogens (tertiary/aromatic N) is 4. The Bertz CT molecular complexity index is 818. The standard InChI is InChI=1S/C18H20N4O3/c1-13-4-5-15(19-11-13)18(23)6-8-22(9-7-18)12-16-20-17(21-25-16)14-3-2-10-24-14/h2-5,10-11,23H,6-9,12H2,1H3. The average molecular weight is 340 g/mol. The van der Waals surface area contributed by atoms with Gasteiger partial charge in [-0.25, -0.2) is 0 Å². The lowest BCUT2D eigenvalue weighted by molar-refractivity contribution is -0.0328. The molecule has 0 radical (unpaired) electrons. The highest BCUT2D eigenvalue weighted by Crippen LogP contribution is 2.32. The first-order valence-electron chi connectivity index (χ1n) is 8.37. The molecule has 3 aromatic rings. The molecule has 1 aliphatic rings. The summed E-state index contributed by atoms with van der Waals surface area (Å²) >= 11 is 0. The van der Waals surface area contributed by atoms with E-state index in [1.807, 2.05) is 19.1 Å². The number of aliphatic hydroxyl groups is 1. The molecule has 0 amide bonds. The van der Waals surface area contributed by atoms with Crippen molar-refractivity contribution in [2.24, 2.45) is 0 Å². The topological polar surface area (TPSA) is 88.4 Å². The van der Waals surface area contributed by atoms with Crippen LogP contribution in [0.1, 0.15) is 30.0 Å². The molecule has 1 fully saturated rings. The average Bonchev–Trinajstić information content (AvgIpc) is 3.29. The molecule has 0 atom stereocenters. The van der Waals surface area contributed by atoms with Crippen molar-refractivity contribution in [1.29, 1.82) is 0 Å². The Kier molecular flexibility index (Phi) is 4.10. The van der Waals surface area contributed by atoms with E-state index in [2.05, 4.69) is 20.0 Å². The maximum atomic E-state index is 10.9. The molecule has 0 spiro atoms. The van der Waals surface area contributed by atoms with Crippen LogP contribution in [0, 0.1) is 6.92 Å². The number of hydrogen-bond acceptors (Lipinski definition) is 7. The summed E-state index contributed by atoms with van der Waals surface area (Å²) in [6.07, 6.45) is 4.63. The molecule has 4 heterocycles. The highest BCUT2D eigenvalue weighted by molar-refractivity contribution is 5.44. The highest BCUT2D eigenvalue weighted by atomic mass is 16.5. The summed E-state index contributed by atoms with van der Waals surface area (Å²) in [6.45, 7) is 4.03. The summed E-state index contributed by atoms with van der Waals surface area (Å²) in [5.74, 6) is 1.59. The Morgan fingerprint density at radius 2 is 2.08 bits per heavy atom. The van der Waals surface area contributed by atoms with E-state index in [4.69, 9.17) is 8.94 Å². The van der Waals surface area contributed by atoms with Crippen molar-refractivity contribution in [3.05, 3.63) is 53.9 Å². The molecule has 0 aliphatic carbocycles. The number of likely N-dealkylation sites (tertiary alicyclic amines) is 1. The van der Waals surface area contributed by atoms with Crippen LogP contribution in [0.5, 0.6) is 0 Å². The Balaban J connectivity index is 1.38. The summed E-state index contributed by atoms with van der Waals surface area (Å²) in [4.78, 5) is 11.0. The van der Waals surface area contributed by atoms with Crippen molar-refractivity contribution in [2.75, 3.05) is 13.1 Å². The van der Waals surface area contributed by atoms with Crippen LogP contribution in [0.25, 0.3) is 11.6 Å². The van der Waals surface area contributed by atoms with Gasteiger partial charge in [0, 0.05) is 19.3 Å². The normalized spacial score (nSPS) is 17.7. The van der Waals surface area contributed by atoms with Gasteiger partial charge in [0.2, 0.25) is 11.7 Å². The Hall–Kier alpha value is -2.51. The van der Waals surface area contributed by atoms with Crippen LogP contribution in [0.4, 0.5) is 0 Å². The largest absolute Gasteiger partial charge is 0.461 e. The molecule has 0 bridgehead atoms. The fourth-order valence-electron chi connectivity index (χ4n) is 3.10. The second-order valence-corrected chi connectivity index (χ2v) is 6.52. The van der Waals surface area contributed by atoms with E-state index in [-0.39, 0.29) is 0 Å². The van der Waals surface area contributed by atoms with Gasteiger partial charge >= 0.3 is 0 Å². The predicted molar refractivity (Wildman–Crippen MR) is 89.4 cm³/mol. The molecule has 1 aliphatic heterocycles. The van der Waals surface area contributed by atoms with Gasteiger partial charge in [-0.05, 0) is 43.5 Å². The van der Waals surface area contributed by atoms with Crippen LogP contribution in [0.15, 0.2) is 45.7 Å². The van der Waals surface area contributed by atoms with E-state index >= 15 is 0 Å². The molecule has 1 N–H and O–H groups in total. The number of hydrogen-bond donors (Lipinski definition) is 1. The molecule has 0 aromatic carbocycles. The molecule has 0 saturated carbocycles. The van der Waals surface area contributed by atoms with Gasteiger partial charge in [0.15, 0.2) is 5.76 Å². The van der Waals surface area contributed by atoms with Crippen molar-refractivity contribution in [3.8, 4) is 11.6 Å². The molecule has 7 nitrogen and oxygen atoms in total. The summed E-state index contributed by atoms with van der Waals surface area (Å²) in [5, 5.41) is 14.8. The zero-order valence-corrected chi connectivity index (χ0v) is 14.1. The first-order chi connectivity index (χ1) is 12.1. The third-order valence-electron chi connectivity index (χ3n) is 4.64. The van der Waals surface area contributed by atoms with Crippen molar-refractivity contribution in [3.63, 3.8) is 0 Å². The minimum absolute atomic E-state index is 0.456. The first kappa shape index (κ1) is 16.0. The number of aromatic nitrogens is 3. The van der Waals surface area contributed by atoms with Crippen molar-refractivity contribution >= 4 is 0 Å². The zero-order valence-electron chi connectivity index (χ0n) is 14.1. The first-order valence-corrected chi connectivity index (χ1v) is 8.37. The summed E-state index contributed by atoms with van der Waals surface area (Å²) in [7, 11) is 0. The molecule has 3 aromatic heterocycles. The minimum atomic E-state index is -0.863. The molecule has 1 saturated heterocycles. The monoisotopic (exact) mass is 340 g/mol. The molecule has 130 valence electrons. The van der Waals surface area contributed by atoms with Crippen molar-refractivity contribution in [2.45, 2.75) is 31.9 Å². The summed E-state index contributed by atoms with van der Waals surface area (Å²) < 4.78 is 10.6. The molecular formula is C18H20N4O3. The van der Waals surface area contributed by atoms with Crippen LogP contribution < -0.4 is 0 Å². The fourth-order valence-corrected chi connectivity index (χ4v) is 3.10. The summed E-state index contributed by atoms with van der Waals surface area (Å²) in [5.41, 5.74) is 0.974. The minimum Gasteiger partial charge on any atom is -0.461 e. The van der Waals surface area contributed by atoms with Crippen molar-refractivity contribution in [1.82, 2.24) is 20.0 Å². The Morgan fingerprint density at radius 3 is 2.76 bits per heavy atom. The van der Waals surface area contributed by atoms with Gasteiger partial charge in [-0.3, -0.25) is 9.88 Å². The van der Waals surface area contributed by atoms with E-state index in [1.165, 1.54) is 0 Å². The van der Waals surface area contributed by atoms with E-state index < -0.39 is 5.60 Å². The van der Waals surface area contributed by atoms with Crippen LogP contribution >= 0.6 is 0 Å². The molecule has 0 unspecified atom stereocenters. The van der Waals surface area contributed by atoms with Gasteiger partial charge in [-0.1, -0.05) is 11.2 Å². The Labute approximate surface area is 145 Å². The third kappa shape index (κ3) is 3.33. The van der Waals surface area contributed by atoms with E-state index in [0.29, 0.717) is 36.9 Å². The quantitative estimate of drug-likeness (QED) is 0.780. The van der Waals surface area contributed by atoms with Gasteiger partial charge in [0.1, 0.15) is 5.60 Å². The van der Waals surface area contributed by atoms with E-state index in [9.17, 15) is 5.11 Å². The van der Waals surface area contributed by atoms with Crippen LogP contribution in [-0.2, 0) is 12.1 Å². The molecule has 4 rings (SSSR count). The molecule has 25 heavy (non-hydrogen) atoms.